The summed E-state index contributed by atoms with van der Waals surface area (Å²) in [4.78, 5) is 25.4. The molecule has 4 rings (SSSR count). The van der Waals surface area contributed by atoms with Crippen molar-refractivity contribution in [2.24, 2.45) is 0 Å². The number of hydrogen-bond acceptors (Lipinski definition) is 5. The SMILES string of the molecule is Cc1ccc(OP(=O)(Oc2ccc(C)cc2)c2ccc(C)cc2CC2(C)C(=O)N(Br)C(=O)N2Br)cc1. The number of imide groups is 1. The van der Waals surface area contributed by atoms with Gasteiger partial charge in [-0.25, -0.2) is 13.3 Å². The molecule has 1 unspecified atom stereocenters. The zero-order chi connectivity index (χ0) is 26.3. The highest BCUT2D eigenvalue weighted by Crippen LogP contribution is 2.49. The number of carbonyl (C=O) groups excluding carboxylic acids is 2. The third-order valence-corrected chi connectivity index (χ3v) is 9.61. The average molecular weight is 636 g/mol. The molecule has 3 aromatic carbocycles. The molecule has 1 aliphatic rings. The van der Waals surface area contributed by atoms with Crippen LogP contribution < -0.4 is 14.4 Å². The molecule has 1 heterocycles. The molecule has 1 fully saturated rings. The van der Waals surface area contributed by atoms with Gasteiger partial charge >= 0.3 is 13.6 Å². The van der Waals surface area contributed by atoms with Crippen LogP contribution in [0.1, 0.15) is 29.2 Å². The monoisotopic (exact) mass is 634 g/mol. The number of hydrogen-bond donors (Lipinski definition) is 0. The quantitative estimate of drug-likeness (QED) is 0.163. The van der Waals surface area contributed by atoms with Gasteiger partial charge in [0.1, 0.15) is 17.0 Å². The lowest BCUT2D eigenvalue weighted by Crippen LogP contribution is -2.45. The molecule has 0 aromatic heterocycles. The third kappa shape index (κ3) is 5.10. The van der Waals surface area contributed by atoms with E-state index in [2.05, 4.69) is 32.3 Å². The average Bonchev–Trinajstić information content (AvgIpc) is 2.97. The summed E-state index contributed by atoms with van der Waals surface area (Å²) >= 11 is 6.27. The van der Waals surface area contributed by atoms with Crippen molar-refractivity contribution in [2.45, 2.75) is 39.7 Å². The van der Waals surface area contributed by atoms with E-state index in [9.17, 15) is 14.2 Å². The summed E-state index contributed by atoms with van der Waals surface area (Å²) in [6.07, 6.45) is 0.0699. The van der Waals surface area contributed by atoms with Crippen LogP contribution in [0.15, 0.2) is 66.7 Å². The fraction of sp³-hybridized carbons (Fsp3) is 0.231. The summed E-state index contributed by atoms with van der Waals surface area (Å²) < 4.78 is 28.8. The smallest absolute Gasteiger partial charge is 0.413 e. The Bertz CT molecular complexity index is 1310. The molecule has 3 aromatic rings. The Hall–Kier alpha value is -2.61. The molecular weight excluding hydrogens is 611 g/mol. The lowest BCUT2D eigenvalue weighted by molar-refractivity contribution is -0.127. The lowest BCUT2D eigenvalue weighted by Gasteiger charge is -2.29. The molecule has 36 heavy (non-hydrogen) atoms. The molecule has 1 atom stereocenters. The van der Waals surface area contributed by atoms with Crippen LogP contribution in [-0.4, -0.2) is 25.3 Å². The van der Waals surface area contributed by atoms with Crippen molar-refractivity contribution in [3.8, 4) is 11.5 Å². The van der Waals surface area contributed by atoms with Gasteiger partial charge in [-0.1, -0.05) is 53.1 Å². The molecule has 7 nitrogen and oxygen atoms in total. The second-order valence-electron chi connectivity index (χ2n) is 9.04. The Morgan fingerprint density at radius 3 is 1.72 bits per heavy atom. The van der Waals surface area contributed by atoms with Gasteiger partial charge in [0.2, 0.25) is 0 Å². The van der Waals surface area contributed by atoms with Crippen LogP contribution in [0.4, 0.5) is 4.79 Å². The van der Waals surface area contributed by atoms with Gasteiger partial charge in [0.25, 0.3) is 5.91 Å². The molecule has 1 saturated heterocycles. The molecule has 10 heteroatoms. The van der Waals surface area contributed by atoms with Crippen molar-refractivity contribution >= 4 is 57.1 Å². The van der Waals surface area contributed by atoms with Gasteiger partial charge in [0, 0.05) is 6.42 Å². The van der Waals surface area contributed by atoms with Crippen molar-refractivity contribution in [2.75, 3.05) is 0 Å². The fourth-order valence-corrected chi connectivity index (χ4v) is 6.88. The molecule has 3 amide bonds. The molecule has 0 bridgehead atoms. The number of carbonyl (C=O) groups is 2. The van der Waals surface area contributed by atoms with Gasteiger partial charge in [-0.2, -0.15) is 3.93 Å². The standard InChI is InChI=1S/C26H25Br2N2O5P/c1-17-5-10-21(11-6-17)34-36(33,35-22-12-7-18(2)8-13-22)23-14-9-19(3)15-20(23)16-26(4)24(31)29(27)25(32)30(26)28/h5-15H,16H2,1-4H3. The van der Waals surface area contributed by atoms with Gasteiger partial charge < -0.3 is 9.05 Å². The third-order valence-electron chi connectivity index (χ3n) is 5.97. The summed E-state index contributed by atoms with van der Waals surface area (Å²) in [5.74, 6) is 0.315. The van der Waals surface area contributed by atoms with Crippen LogP contribution >= 0.6 is 39.9 Å². The molecule has 0 N–H and O–H groups in total. The maximum atomic E-state index is 14.6. The summed E-state index contributed by atoms with van der Waals surface area (Å²) in [6.45, 7) is 7.43. The summed E-state index contributed by atoms with van der Waals surface area (Å²) in [6, 6.07) is 19.2. The van der Waals surface area contributed by atoms with Gasteiger partial charge in [-0.05, 0) is 63.6 Å². The number of benzene rings is 3. The van der Waals surface area contributed by atoms with E-state index in [-0.39, 0.29) is 6.42 Å². The molecule has 188 valence electrons. The second kappa shape index (κ2) is 10.0. The number of aryl methyl sites for hydroxylation is 3. The van der Waals surface area contributed by atoms with Crippen molar-refractivity contribution in [3.63, 3.8) is 0 Å². The first-order valence-corrected chi connectivity index (χ1v) is 14.1. The minimum Gasteiger partial charge on any atom is -0.413 e. The van der Waals surface area contributed by atoms with Crippen LogP contribution in [0.3, 0.4) is 0 Å². The Morgan fingerprint density at radius 1 is 0.806 bits per heavy atom. The van der Waals surface area contributed by atoms with Crippen LogP contribution in [0.5, 0.6) is 11.5 Å². The summed E-state index contributed by atoms with van der Waals surface area (Å²) in [7, 11) is -4.02. The zero-order valence-electron chi connectivity index (χ0n) is 20.2. The van der Waals surface area contributed by atoms with Crippen LogP contribution in [0.2, 0.25) is 0 Å². The maximum absolute atomic E-state index is 14.6. The minimum atomic E-state index is -4.02. The van der Waals surface area contributed by atoms with Gasteiger partial charge in [0.15, 0.2) is 0 Å². The van der Waals surface area contributed by atoms with Crippen LogP contribution in [0.25, 0.3) is 0 Å². The normalized spacial score (nSPS) is 18.1. The predicted octanol–water partition coefficient (Wildman–Crippen LogP) is 6.77. The van der Waals surface area contributed by atoms with E-state index in [4.69, 9.17) is 9.05 Å². The van der Waals surface area contributed by atoms with E-state index in [1.165, 1.54) is 3.93 Å². The molecule has 0 spiro atoms. The Kier molecular flexibility index (Phi) is 7.37. The van der Waals surface area contributed by atoms with Crippen molar-refractivity contribution in [3.05, 3.63) is 89.0 Å². The molecule has 0 aliphatic carbocycles. The number of nitrogens with zero attached hydrogens (tertiary/aromatic N) is 2. The number of urea groups is 1. The van der Waals surface area contributed by atoms with Crippen LogP contribution in [-0.2, 0) is 15.8 Å². The number of halogens is 2. The Morgan fingerprint density at radius 2 is 1.28 bits per heavy atom. The predicted molar refractivity (Wildman–Crippen MR) is 146 cm³/mol. The van der Waals surface area contributed by atoms with E-state index in [1.807, 2.05) is 57.2 Å². The minimum absolute atomic E-state index is 0.0699. The van der Waals surface area contributed by atoms with E-state index in [0.717, 1.165) is 20.6 Å². The summed E-state index contributed by atoms with van der Waals surface area (Å²) in [5, 5.41) is 0.310. The lowest BCUT2D eigenvalue weighted by atomic mass is 9.92. The van der Waals surface area contributed by atoms with E-state index in [0.29, 0.717) is 22.4 Å². The number of rotatable bonds is 7. The second-order valence-corrected chi connectivity index (χ2v) is 12.3. The fourth-order valence-electron chi connectivity index (χ4n) is 3.90. The highest BCUT2D eigenvalue weighted by molar-refractivity contribution is 9.08. The zero-order valence-corrected chi connectivity index (χ0v) is 24.3. The molecule has 1 aliphatic heterocycles. The molecule has 0 saturated carbocycles. The molecular formula is C26H25Br2N2O5P. The topological polar surface area (TPSA) is 76.1 Å². The highest BCUT2D eigenvalue weighted by atomic mass is 79.9. The first kappa shape index (κ1) is 26.5. The van der Waals surface area contributed by atoms with E-state index in [1.54, 1.807) is 37.3 Å². The Labute approximate surface area is 227 Å². The van der Waals surface area contributed by atoms with Crippen LogP contribution in [0, 0.1) is 20.8 Å². The first-order chi connectivity index (χ1) is 16.9. The van der Waals surface area contributed by atoms with Crippen molar-refractivity contribution in [1.29, 1.82) is 0 Å². The van der Waals surface area contributed by atoms with Gasteiger partial charge in [-0.15, -0.1) is 0 Å². The largest absolute Gasteiger partial charge is 0.463 e. The van der Waals surface area contributed by atoms with Gasteiger partial charge in [-0.3, -0.25) is 4.79 Å². The van der Waals surface area contributed by atoms with E-state index < -0.39 is 25.1 Å². The van der Waals surface area contributed by atoms with Gasteiger partial charge in [0.05, 0.1) is 37.6 Å². The van der Waals surface area contributed by atoms with E-state index >= 15 is 0 Å². The number of amides is 3. The van der Waals surface area contributed by atoms with Crippen molar-refractivity contribution in [1.82, 2.24) is 7.85 Å². The molecule has 0 radical (unpaired) electrons. The summed E-state index contributed by atoms with van der Waals surface area (Å²) in [5.41, 5.74) is 2.24. The Balaban J connectivity index is 1.82. The van der Waals surface area contributed by atoms with Crippen molar-refractivity contribution < 1.29 is 23.2 Å². The maximum Gasteiger partial charge on any atom is 0.463 e. The first-order valence-electron chi connectivity index (χ1n) is 11.2. The highest BCUT2D eigenvalue weighted by Gasteiger charge is 2.54.